The van der Waals surface area contributed by atoms with Crippen molar-refractivity contribution in [2.24, 2.45) is 5.92 Å². The highest BCUT2D eigenvalue weighted by Gasteiger charge is 2.23. The Kier molecular flexibility index (Phi) is 8.22. The molecule has 1 aromatic rings. The van der Waals surface area contributed by atoms with Crippen LogP contribution in [-0.2, 0) is 24.3 Å². The molecule has 2 rings (SSSR count). The number of aryl methyl sites for hydroxylation is 3. The SMILES string of the molecule is Cc1cc(C)c(S(=O)(=O)NCCC(=O)OCC(=O)N[C@H]2CCCC[C@H]2C)c(C)c1. The first kappa shape index (κ1) is 23.3. The van der Waals surface area contributed by atoms with Gasteiger partial charge in [0.05, 0.1) is 11.3 Å². The van der Waals surface area contributed by atoms with E-state index in [1.807, 2.05) is 19.1 Å². The number of benzene rings is 1. The molecule has 0 radical (unpaired) electrons. The van der Waals surface area contributed by atoms with Gasteiger partial charge in [0.1, 0.15) is 0 Å². The van der Waals surface area contributed by atoms with Gasteiger partial charge in [-0.1, -0.05) is 37.5 Å². The first-order valence-corrected chi connectivity index (χ1v) is 11.6. The van der Waals surface area contributed by atoms with E-state index in [4.69, 9.17) is 4.74 Å². The molecule has 2 N–H and O–H groups in total. The predicted molar refractivity (Wildman–Crippen MR) is 111 cm³/mol. The molecule has 0 unspecified atom stereocenters. The minimum Gasteiger partial charge on any atom is -0.456 e. The third kappa shape index (κ3) is 6.82. The van der Waals surface area contributed by atoms with Gasteiger partial charge in [-0.25, -0.2) is 13.1 Å². The minimum absolute atomic E-state index is 0.0881. The number of nitrogens with one attached hydrogen (secondary N) is 2. The van der Waals surface area contributed by atoms with E-state index >= 15 is 0 Å². The first-order valence-electron chi connectivity index (χ1n) is 10.1. The zero-order valence-electron chi connectivity index (χ0n) is 17.7. The lowest BCUT2D eigenvalue weighted by molar-refractivity contribution is -0.148. The van der Waals surface area contributed by atoms with Gasteiger partial charge in [-0.3, -0.25) is 9.59 Å². The molecular weight excluding hydrogens is 392 g/mol. The van der Waals surface area contributed by atoms with Crippen molar-refractivity contribution < 1.29 is 22.7 Å². The van der Waals surface area contributed by atoms with Crippen molar-refractivity contribution in [1.29, 1.82) is 0 Å². The number of rotatable bonds is 8. The van der Waals surface area contributed by atoms with Gasteiger partial charge in [-0.2, -0.15) is 0 Å². The number of carbonyl (C=O) groups is 2. The number of sulfonamides is 1. The Morgan fingerprint density at radius 1 is 1.10 bits per heavy atom. The lowest BCUT2D eigenvalue weighted by atomic mass is 9.86. The molecule has 7 nitrogen and oxygen atoms in total. The summed E-state index contributed by atoms with van der Waals surface area (Å²) in [6.45, 7) is 7.08. The van der Waals surface area contributed by atoms with Crippen molar-refractivity contribution in [3.63, 3.8) is 0 Å². The number of esters is 1. The predicted octanol–water partition coefficient (Wildman–Crippen LogP) is 2.52. The van der Waals surface area contributed by atoms with E-state index in [2.05, 4.69) is 17.0 Å². The van der Waals surface area contributed by atoms with Crippen LogP contribution in [0.5, 0.6) is 0 Å². The Balaban J connectivity index is 1.77. The molecular formula is C21H32N2O5S. The summed E-state index contributed by atoms with van der Waals surface area (Å²) >= 11 is 0. The molecule has 0 bridgehead atoms. The molecule has 0 spiro atoms. The highest BCUT2D eigenvalue weighted by atomic mass is 32.2. The van der Waals surface area contributed by atoms with E-state index in [-0.39, 0.29) is 36.4 Å². The molecule has 0 aliphatic heterocycles. The van der Waals surface area contributed by atoms with Crippen LogP contribution in [0, 0.1) is 26.7 Å². The second kappa shape index (κ2) is 10.2. The van der Waals surface area contributed by atoms with Gasteiger partial charge in [0, 0.05) is 12.6 Å². The van der Waals surface area contributed by atoms with Crippen LogP contribution in [0.2, 0.25) is 0 Å². The van der Waals surface area contributed by atoms with E-state index in [0.717, 1.165) is 24.8 Å². The Morgan fingerprint density at radius 2 is 1.72 bits per heavy atom. The fourth-order valence-corrected chi connectivity index (χ4v) is 5.43. The maximum atomic E-state index is 12.6. The van der Waals surface area contributed by atoms with Crippen LogP contribution in [0.1, 0.15) is 55.7 Å². The minimum atomic E-state index is -3.73. The number of hydrogen-bond acceptors (Lipinski definition) is 5. The maximum absolute atomic E-state index is 12.6. The van der Waals surface area contributed by atoms with E-state index in [0.29, 0.717) is 17.0 Å². The van der Waals surface area contributed by atoms with Crippen molar-refractivity contribution in [2.75, 3.05) is 13.2 Å². The summed E-state index contributed by atoms with van der Waals surface area (Å²) in [4.78, 5) is 24.1. The molecule has 1 amide bonds. The van der Waals surface area contributed by atoms with E-state index in [1.54, 1.807) is 13.8 Å². The fraction of sp³-hybridized carbons (Fsp3) is 0.619. The highest BCUT2D eigenvalue weighted by molar-refractivity contribution is 7.89. The Bertz CT molecular complexity index is 828. The Morgan fingerprint density at radius 3 is 2.34 bits per heavy atom. The van der Waals surface area contributed by atoms with Crippen LogP contribution in [0.3, 0.4) is 0 Å². The molecule has 1 aromatic carbocycles. The average molecular weight is 425 g/mol. The molecule has 162 valence electrons. The summed E-state index contributed by atoms with van der Waals surface area (Å²) in [5, 5.41) is 2.92. The molecule has 0 aromatic heterocycles. The molecule has 8 heteroatoms. The second-order valence-corrected chi connectivity index (χ2v) is 9.68. The van der Waals surface area contributed by atoms with Crippen LogP contribution in [0.15, 0.2) is 17.0 Å². The number of carbonyl (C=O) groups excluding carboxylic acids is 2. The molecule has 2 atom stereocenters. The molecule has 1 aliphatic rings. The summed E-state index contributed by atoms with van der Waals surface area (Å²) in [6, 6.07) is 3.74. The molecule has 0 saturated heterocycles. The van der Waals surface area contributed by atoms with Crippen molar-refractivity contribution in [1.82, 2.24) is 10.0 Å². The van der Waals surface area contributed by atoms with Crippen LogP contribution in [0.4, 0.5) is 0 Å². The lowest BCUT2D eigenvalue weighted by Gasteiger charge is -2.29. The summed E-state index contributed by atoms with van der Waals surface area (Å²) < 4.78 is 32.5. The van der Waals surface area contributed by atoms with Crippen LogP contribution < -0.4 is 10.0 Å². The van der Waals surface area contributed by atoms with E-state index in [9.17, 15) is 18.0 Å². The molecule has 0 heterocycles. The van der Waals surface area contributed by atoms with Gasteiger partial charge in [0.25, 0.3) is 5.91 Å². The normalized spacial score (nSPS) is 19.6. The van der Waals surface area contributed by atoms with Crippen molar-refractivity contribution >= 4 is 21.9 Å². The zero-order valence-corrected chi connectivity index (χ0v) is 18.5. The maximum Gasteiger partial charge on any atom is 0.307 e. The van der Waals surface area contributed by atoms with Crippen LogP contribution >= 0.6 is 0 Å². The topological polar surface area (TPSA) is 102 Å². The molecule has 1 fully saturated rings. The highest BCUT2D eigenvalue weighted by Crippen LogP contribution is 2.23. The fourth-order valence-electron chi connectivity index (χ4n) is 3.95. The summed E-state index contributed by atoms with van der Waals surface area (Å²) in [5.74, 6) is -0.507. The van der Waals surface area contributed by atoms with Crippen molar-refractivity contribution in [3.8, 4) is 0 Å². The molecule has 1 aliphatic carbocycles. The zero-order chi connectivity index (χ0) is 21.6. The Hall–Kier alpha value is -1.93. The third-order valence-corrected chi connectivity index (χ3v) is 7.08. The van der Waals surface area contributed by atoms with Gasteiger partial charge < -0.3 is 10.1 Å². The van der Waals surface area contributed by atoms with E-state index < -0.39 is 16.0 Å². The standard InChI is InChI=1S/C21H32N2O5S/c1-14-11-16(3)21(17(4)12-14)29(26,27)22-10-9-20(25)28-13-19(24)23-18-8-6-5-7-15(18)2/h11-12,15,18,22H,5-10,13H2,1-4H3,(H,23,24)/t15-,18+/m1/s1. The van der Waals surface area contributed by atoms with Crippen molar-refractivity contribution in [2.45, 2.75) is 70.7 Å². The Labute approximate surface area is 173 Å². The quantitative estimate of drug-likeness (QED) is 0.625. The van der Waals surface area contributed by atoms with Crippen LogP contribution in [0.25, 0.3) is 0 Å². The summed E-state index contributed by atoms with van der Waals surface area (Å²) in [5.41, 5.74) is 2.31. The number of amides is 1. The second-order valence-electron chi connectivity index (χ2n) is 7.97. The average Bonchev–Trinajstić information content (AvgIpc) is 2.60. The summed E-state index contributed by atoms with van der Waals surface area (Å²) in [7, 11) is -3.73. The van der Waals surface area contributed by atoms with Crippen molar-refractivity contribution in [3.05, 3.63) is 28.8 Å². The first-order chi connectivity index (χ1) is 13.6. The molecule has 1 saturated carbocycles. The monoisotopic (exact) mass is 424 g/mol. The van der Waals surface area contributed by atoms with Gasteiger partial charge in [-0.05, 0) is 50.7 Å². The lowest BCUT2D eigenvalue weighted by Crippen LogP contribution is -2.43. The summed E-state index contributed by atoms with van der Waals surface area (Å²) in [6.07, 6.45) is 4.16. The largest absolute Gasteiger partial charge is 0.456 e. The van der Waals surface area contributed by atoms with Crippen LogP contribution in [-0.4, -0.2) is 39.5 Å². The number of hydrogen-bond donors (Lipinski definition) is 2. The molecule has 29 heavy (non-hydrogen) atoms. The van der Waals surface area contributed by atoms with Gasteiger partial charge >= 0.3 is 5.97 Å². The smallest absolute Gasteiger partial charge is 0.307 e. The van der Waals surface area contributed by atoms with Gasteiger partial charge in [-0.15, -0.1) is 0 Å². The van der Waals surface area contributed by atoms with Gasteiger partial charge in [0.2, 0.25) is 10.0 Å². The van der Waals surface area contributed by atoms with E-state index in [1.165, 1.54) is 6.42 Å². The van der Waals surface area contributed by atoms with Gasteiger partial charge in [0.15, 0.2) is 6.61 Å². The third-order valence-electron chi connectivity index (χ3n) is 5.32. The number of ether oxygens (including phenoxy) is 1.